The zero-order chi connectivity index (χ0) is 19.6. The highest BCUT2D eigenvalue weighted by molar-refractivity contribution is 5.62. The maximum atomic E-state index is 12.8. The van der Waals surface area contributed by atoms with Gasteiger partial charge in [0, 0.05) is 11.1 Å². The molecule has 1 aromatic heterocycles. The van der Waals surface area contributed by atoms with Gasteiger partial charge in [-0.25, -0.2) is 0 Å². The van der Waals surface area contributed by atoms with Crippen molar-refractivity contribution >= 4 is 0 Å². The lowest BCUT2D eigenvalue weighted by molar-refractivity contribution is -0.137. The predicted octanol–water partition coefficient (Wildman–Crippen LogP) is 5.03. The molecule has 0 aliphatic carbocycles. The summed E-state index contributed by atoms with van der Waals surface area (Å²) in [6.45, 7) is -3.03. The summed E-state index contributed by atoms with van der Waals surface area (Å²) in [4.78, 5) is 0. The fraction of sp³-hybridized carbons (Fsp3) is 0.176. The molecular weight excluding hydrogens is 375 g/mol. The van der Waals surface area contributed by atoms with Crippen LogP contribution >= 0.6 is 0 Å². The van der Waals surface area contributed by atoms with Crippen molar-refractivity contribution in [3.05, 3.63) is 48.0 Å². The average molecular weight is 386 g/mol. The summed E-state index contributed by atoms with van der Waals surface area (Å²) >= 11 is 0. The largest absolute Gasteiger partial charge is 0.493 e. The van der Waals surface area contributed by atoms with Gasteiger partial charge in [0.15, 0.2) is 11.5 Å². The van der Waals surface area contributed by atoms with Crippen LogP contribution in [0.3, 0.4) is 0 Å². The second-order valence-electron chi connectivity index (χ2n) is 5.24. The van der Waals surface area contributed by atoms with E-state index >= 15 is 0 Å². The van der Waals surface area contributed by atoms with Gasteiger partial charge in [0.1, 0.15) is 0 Å². The Kier molecular flexibility index (Phi) is 4.98. The summed E-state index contributed by atoms with van der Waals surface area (Å²) in [5, 5.41) is 7.51. The van der Waals surface area contributed by atoms with E-state index in [4.69, 9.17) is 9.15 Å². The van der Waals surface area contributed by atoms with E-state index < -0.39 is 18.4 Å². The molecule has 0 aliphatic rings. The molecule has 5 nitrogen and oxygen atoms in total. The number of hydrogen-bond acceptors (Lipinski definition) is 5. The maximum absolute atomic E-state index is 12.8. The first-order chi connectivity index (χ1) is 12.8. The Labute approximate surface area is 149 Å². The molecule has 142 valence electrons. The van der Waals surface area contributed by atoms with Gasteiger partial charge in [0.25, 0.3) is 0 Å². The number of methoxy groups -OCH3 is 1. The molecule has 0 radical (unpaired) electrons. The molecule has 0 N–H and O–H groups in total. The van der Waals surface area contributed by atoms with Gasteiger partial charge >= 0.3 is 12.8 Å². The Bertz CT molecular complexity index is 940. The van der Waals surface area contributed by atoms with Gasteiger partial charge in [-0.2, -0.15) is 22.0 Å². The number of rotatable bonds is 5. The monoisotopic (exact) mass is 386 g/mol. The van der Waals surface area contributed by atoms with Crippen molar-refractivity contribution in [2.45, 2.75) is 12.8 Å². The average Bonchev–Trinajstić information content (AvgIpc) is 3.11. The summed E-state index contributed by atoms with van der Waals surface area (Å²) in [7, 11) is 1.26. The number of benzene rings is 2. The molecule has 0 atom stereocenters. The zero-order valence-corrected chi connectivity index (χ0v) is 13.6. The predicted molar refractivity (Wildman–Crippen MR) is 83.4 cm³/mol. The first-order valence-electron chi connectivity index (χ1n) is 7.42. The topological polar surface area (TPSA) is 57.4 Å². The van der Waals surface area contributed by atoms with Crippen molar-refractivity contribution in [2.75, 3.05) is 7.11 Å². The van der Waals surface area contributed by atoms with E-state index in [0.717, 1.165) is 12.1 Å². The Morgan fingerprint density at radius 1 is 0.926 bits per heavy atom. The number of ether oxygens (including phenoxy) is 2. The lowest BCUT2D eigenvalue weighted by Gasteiger charge is -2.10. The second kappa shape index (κ2) is 7.22. The fourth-order valence-electron chi connectivity index (χ4n) is 2.28. The van der Waals surface area contributed by atoms with E-state index in [2.05, 4.69) is 14.9 Å². The highest BCUT2D eigenvalue weighted by Gasteiger charge is 2.31. The van der Waals surface area contributed by atoms with Crippen molar-refractivity contribution in [1.82, 2.24) is 10.2 Å². The number of hydrogen-bond donors (Lipinski definition) is 0. The Morgan fingerprint density at radius 2 is 1.59 bits per heavy atom. The van der Waals surface area contributed by atoms with Crippen LogP contribution in [-0.4, -0.2) is 23.9 Å². The summed E-state index contributed by atoms with van der Waals surface area (Å²) in [6.07, 6.45) is -4.51. The van der Waals surface area contributed by atoms with Crippen LogP contribution in [0.1, 0.15) is 5.56 Å². The molecule has 0 bridgehead atoms. The van der Waals surface area contributed by atoms with Crippen molar-refractivity contribution in [3.63, 3.8) is 0 Å². The molecule has 0 aliphatic heterocycles. The Hall–Kier alpha value is -3.17. The van der Waals surface area contributed by atoms with Crippen LogP contribution in [0, 0.1) is 0 Å². The van der Waals surface area contributed by atoms with Crippen LogP contribution in [0.25, 0.3) is 22.9 Å². The van der Waals surface area contributed by atoms with Gasteiger partial charge in [-0.3, -0.25) is 0 Å². The summed E-state index contributed by atoms with van der Waals surface area (Å²) < 4.78 is 77.9. The van der Waals surface area contributed by atoms with Crippen LogP contribution in [0.2, 0.25) is 0 Å². The SMILES string of the molecule is COc1cc(-c2nnc(-c3cccc(C(F)(F)F)c3)o2)ccc1OC(F)F. The van der Waals surface area contributed by atoms with Crippen molar-refractivity contribution in [1.29, 1.82) is 0 Å². The van der Waals surface area contributed by atoms with Crippen LogP contribution in [-0.2, 0) is 6.18 Å². The molecule has 27 heavy (non-hydrogen) atoms. The van der Waals surface area contributed by atoms with Gasteiger partial charge in [-0.15, -0.1) is 10.2 Å². The van der Waals surface area contributed by atoms with Crippen molar-refractivity contribution in [3.8, 4) is 34.4 Å². The van der Waals surface area contributed by atoms with Gasteiger partial charge in [0.2, 0.25) is 11.8 Å². The third kappa shape index (κ3) is 4.15. The first-order valence-corrected chi connectivity index (χ1v) is 7.42. The number of nitrogens with zero attached hydrogens (tertiary/aromatic N) is 2. The number of alkyl halides is 5. The van der Waals surface area contributed by atoms with E-state index in [-0.39, 0.29) is 28.8 Å². The van der Waals surface area contributed by atoms with Gasteiger partial charge in [0.05, 0.1) is 12.7 Å². The molecule has 0 fully saturated rings. The van der Waals surface area contributed by atoms with E-state index in [1.54, 1.807) is 0 Å². The highest BCUT2D eigenvalue weighted by Crippen LogP contribution is 2.35. The zero-order valence-electron chi connectivity index (χ0n) is 13.6. The van der Waals surface area contributed by atoms with Gasteiger partial charge < -0.3 is 13.9 Å². The molecule has 0 saturated heterocycles. The molecule has 3 rings (SSSR count). The summed E-state index contributed by atoms with van der Waals surface area (Å²) in [5.41, 5.74) is -0.442. The molecule has 1 heterocycles. The minimum absolute atomic E-state index is 0.00613. The molecule has 3 aromatic rings. The van der Waals surface area contributed by atoms with E-state index in [0.29, 0.717) is 5.56 Å². The van der Waals surface area contributed by atoms with Crippen molar-refractivity contribution < 1.29 is 35.8 Å². The van der Waals surface area contributed by atoms with Gasteiger partial charge in [-0.05, 0) is 36.4 Å². The quantitative estimate of drug-likeness (QED) is 0.576. The van der Waals surface area contributed by atoms with Crippen LogP contribution in [0.15, 0.2) is 46.9 Å². The number of halogens is 5. The van der Waals surface area contributed by atoms with Crippen LogP contribution < -0.4 is 9.47 Å². The normalized spacial score (nSPS) is 11.7. The Morgan fingerprint density at radius 3 is 2.19 bits per heavy atom. The smallest absolute Gasteiger partial charge is 0.416 e. The minimum Gasteiger partial charge on any atom is -0.493 e. The van der Waals surface area contributed by atoms with Crippen LogP contribution in [0.5, 0.6) is 11.5 Å². The van der Waals surface area contributed by atoms with Gasteiger partial charge in [-0.1, -0.05) is 6.07 Å². The second-order valence-corrected chi connectivity index (χ2v) is 5.24. The fourth-order valence-corrected chi connectivity index (χ4v) is 2.28. The Balaban J connectivity index is 1.92. The molecule has 0 unspecified atom stereocenters. The maximum Gasteiger partial charge on any atom is 0.416 e. The standard InChI is InChI=1S/C17H11F5N2O3/c1-25-13-8-10(5-6-12(13)26-16(18)19)15-24-23-14(27-15)9-3-2-4-11(7-9)17(20,21)22/h2-8,16H,1H3. The van der Waals surface area contributed by atoms with Crippen LogP contribution in [0.4, 0.5) is 22.0 Å². The molecule has 10 heteroatoms. The summed E-state index contributed by atoms with van der Waals surface area (Å²) in [5.74, 6) is -0.326. The third-order valence-corrected chi connectivity index (χ3v) is 3.49. The summed E-state index contributed by atoms with van der Waals surface area (Å²) in [6, 6.07) is 8.37. The van der Waals surface area contributed by atoms with Crippen molar-refractivity contribution in [2.24, 2.45) is 0 Å². The first kappa shape index (κ1) is 18.6. The van der Waals surface area contributed by atoms with E-state index in [1.807, 2.05) is 0 Å². The molecule has 0 amide bonds. The van der Waals surface area contributed by atoms with E-state index in [9.17, 15) is 22.0 Å². The molecule has 0 saturated carbocycles. The third-order valence-electron chi connectivity index (χ3n) is 3.49. The molecule has 0 spiro atoms. The van der Waals surface area contributed by atoms with E-state index in [1.165, 1.54) is 37.4 Å². The lowest BCUT2D eigenvalue weighted by atomic mass is 10.1. The highest BCUT2D eigenvalue weighted by atomic mass is 19.4. The minimum atomic E-state index is -4.51. The molecular formula is C17H11F5N2O3. The molecule has 2 aromatic carbocycles. The number of aromatic nitrogens is 2. The lowest BCUT2D eigenvalue weighted by Crippen LogP contribution is -2.04.